The highest BCUT2D eigenvalue weighted by molar-refractivity contribution is 7.89. The van der Waals surface area contributed by atoms with Crippen LogP contribution in [0.25, 0.3) is 0 Å². The molecular weight excluding hydrogens is 442 g/mol. The van der Waals surface area contributed by atoms with Gasteiger partial charge in [-0.2, -0.15) is 4.31 Å². The minimum absolute atomic E-state index is 0.120. The maximum absolute atomic E-state index is 13.1. The van der Waals surface area contributed by atoms with E-state index in [1.165, 1.54) is 22.5 Å². The summed E-state index contributed by atoms with van der Waals surface area (Å²) in [6.45, 7) is 4.09. The smallest absolute Gasteiger partial charge is 0.273 e. The standard InChI is InChI=1S/C24H23N3O5S/c1-16-3-9-22(10-4-16)33(31,32)26-12-11-18-7-8-21(13-20(18)15-26)25-24(28)19-6-5-17(2)23(14-19)27(29)30/h3-10,13-14H,11-12,15H2,1-2H3,(H,25,28). The Bertz CT molecular complexity index is 1350. The summed E-state index contributed by atoms with van der Waals surface area (Å²) in [7, 11) is -3.64. The molecule has 0 saturated heterocycles. The van der Waals surface area contributed by atoms with Crippen molar-refractivity contribution in [1.82, 2.24) is 4.31 Å². The molecule has 0 aromatic heterocycles. The molecule has 0 radical (unpaired) electrons. The Labute approximate surface area is 192 Å². The van der Waals surface area contributed by atoms with E-state index in [9.17, 15) is 23.3 Å². The van der Waals surface area contributed by atoms with Crippen LogP contribution in [0.2, 0.25) is 0 Å². The molecule has 0 atom stereocenters. The van der Waals surface area contributed by atoms with Crippen LogP contribution in [-0.4, -0.2) is 30.1 Å². The number of hydrogen-bond acceptors (Lipinski definition) is 5. The Morgan fingerprint density at radius 2 is 1.73 bits per heavy atom. The SMILES string of the molecule is Cc1ccc(S(=O)(=O)N2CCc3ccc(NC(=O)c4ccc(C)c([N+](=O)[O-])c4)cc3C2)cc1. The van der Waals surface area contributed by atoms with E-state index in [1.807, 2.05) is 13.0 Å². The molecule has 3 aromatic carbocycles. The molecule has 1 amide bonds. The fraction of sp³-hybridized carbons (Fsp3) is 0.208. The molecule has 0 fully saturated rings. The van der Waals surface area contributed by atoms with Crippen LogP contribution in [0.4, 0.5) is 11.4 Å². The molecule has 9 heteroatoms. The third-order valence-electron chi connectivity index (χ3n) is 5.77. The van der Waals surface area contributed by atoms with Crippen molar-refractivity contribution in [3.05, 3.63) is 98.6 Å². The summed E-state index contributed by atoms with van der Waals surface area (Å²) in [4.78, 5) is 23.6. The van der Waals surface area contributed by atoms with E-state index in [2.05, 4.69) is 5.32 Å². The van der Waals surface area contributed by atoms with Gasteiger partial charge >= 0.3 is 0 Å². The lowest BCUT2D eigenvalue weighted by molar-refractivity contribution is -0.385. The van der Waals surface area contributed by atoms with Gasteiger partial charge in [0.15, 0.2) is 0 Å². The van der Waals surface area contributed by atoms with Crippen molar-refractivity contribution in [2.24, 2.45) is 0 Å². The first-order valence-corrected chi connectivity index (χ1v) is 11.8. The Kier molecular flexibility index (Phi) is 6.01. The number of nitrogens with one attached hydrogen (secondary N) is 1. The zero-order chi connectivity index (χ0) is 23.8. The normalized spacial score (nSPS) is 13.9. The maximum atomic E-state index is 13.1. The number of nitro benzene ring substituents is 1. The van der Waals surface area contributed by atoms with Crippen LogP contribution in [0.15, 0.2) is 65.6 Å². The predicted molar refractivity (Wildman–Crippen MR) is 125 cm³/mol. The fourth-order valence-corrected chi connectivity index (χ4v) is 5.24. The molecule has 0 spiro atoms. The van der Waals surface area contributed by atoms with E-state index in [0.29, 0.717) is 24.2 Å². The quantitative estimate of drug-likeness (QED) is 0.448. The van der Waals surface area contributed by atoms with E-state index in [4.69, 9.17) is 0 Å². The topological polar surface area (TPSA) is 110 Å². The summed E-state index contributed by atoms with van der Waals surface area (Å²) in [5.41, 5.74) is 3.84. The van der Waals surface area contributed by atoms with E-state index in [0.717, 1.165) is 16.7 Å². The van der Waals surface area contributed by atoms with Gasteiger partial charge in [-0.25, -0.2) is 8.42 Å². The highest BCUT2D eigenvalue weighted by Crippen LogP contribution is 2.28. The Morgan fingerprint density at radius 1 is 1.00 bits per heavy atom. The summed E-state index contributed by atoms with van der Waals surface area (Å²) < 4.78 is 27.6. The molecule has 0 aliphatic carbocycles. The van der Waals surface area contributed by atoms with E-state index in [1.54, 1.807) is 43.3 Å². The maximum Gasteiger partial charge on any atom is 0.273 e. The number of rotatable bonds is 5. The summed E-state index contributed by atoms with van der Waals surface area (Å²) >= 11 is 0. The molecule has 0 unspecified atom stereocenters. The van der Waals surface area contributed by atoms with Crippen LogP contribution in [0.1, 0.15) is 32.6 Å². The number of aryl methyl sites for hydroxylation is 2. The number of benzene rings is 3. The first-order valence-electron chi connectivity index (χ1n) is 10.4. The zero-order valence-corrected chi connectivity index (χ0v) is 19.1. The van der Waals surface area contributed by atoms with Gasteiger partial charge in [0.1, 0.15) is 0 Å². The number of carbonyl (C=O) groups is 1. The largest absolute Gasteiger partial charge is 0.322 e. The second-order valence-corrected chi connectivity index (χ2v) is 10.0. The molecule has 0 saturated carbocycles. The zero-order valence-electron chi connectivity index (χ0n) is 18.2. The van der Waals surface area contributed by atoms with Crippen molar-refractivity contribution in [2.45, 2.75) is 31.7 Å². The van der Waals surface area contributed by atoms with Gasteiger partial charge in [0.25, 0.3) is 11.6 Å². The molecule has 0 bridgehead atoms. The second-order valence-electron chi connectivity index (χ2n) is 8.10. The predicted octanol–water partition coefficient (Wildman–Crippen LogP) is 4.21. The number of hydrogen-bond donors (Lipinski definition) is 1. The average molecular weight is 466 g/mol. The minimum atomic E-state index is -3.64. The molecule has 8 nitrogen and oxygen atoms in total. The van der Waals surface area contributed by atoms with E-state index >= 15 is 0 Å². The first kappa shape index (κ1) is 22.6. The van der Waals surface area contributed by atoms with Gasteiger partial charge in [0.2, 0.25) is 10.0 Å². The van der Waals surface area contributed by atoms with Crippen LogP contribution >= 0.6 is 0 Å². The summed E-state index contributed by atoms with van der Waals surface area (Å²) in [5, 5.41) is 13.9. The molecular formula is C24H23N3O5S. The van der Waals surface area contributed by atoms with Gasteiger partial charge in [-0.1, -0.05) is 29.8 Å². The lowest BCUT2D eigenvalue weighted by atomic mass is 10.0. The van der Waals surface area contributed by atoms with Crippen LogP contribution < -0.4 is 5.32 Å². The summed E-state index contributed by atoms with van der Waals surface area (Å²) in [6, 6.07) is 16.5. The second kappa shape index (κ2) is 8.76. The first-order chi connectivity index (χ1) is 15.6. The Balaban J connectivity index is 1.54. The van der Waals surface area contributed by atoms with Gasteiger partial charge in [0, 0.05) is 36.0 Å². The van der Waals surface area contributed by atoms with Gasteiger partial charge in [0.05, 0.1) is 9.82 Å². The summed E-state index contributed by atoms with van der Waals surface area (Å²) in [6.07, 6.45) is 0.568. The van der Waals surface area contributed by atoms with Gasteiger partial charge in [-0.3, -0.25) is 14.9 Å². The highest BCUT2D eigenvalue weighted by atomic mass is 32.2. The van der Waals surface area contributed by atoms with Gasteiger partial charge in [-0.15, -0.1) is 0 Å². The minimum Gasteiger partial charge on any atom is -0.322 e. The van der Waals surface area contributed by atoms with Gasteiger partial charge < -0.3 is 5.32 Å². The molecule has 4 rings (SSSR count). The number of nitro groups is 1. The van der Waals surface area contributed by atoms with Crippen molar-refractivity contribution in [2.75, 3.05) is 11.9 Å². The number of carbonyl (C=O) groups excluding carboxylic acids is 1. The fourth-order valence-electron chi connectivity index (χ4n) is 3.82. The Morgan fingerprint density at radius 3 is 2.42 bits per heavy atom. The lowest BCUT2D eigenvalue weighted by Crippen LogP contribution is -2.36. The molecule has 33 heavy (non-hydrogen) atoms. The number of sulfonamides is 1. The van der Waals surface area contributed by atoms with Crippen molar-refractivity contribution in [3.63, 3.8) is 0 Å². The van der Waals surface area contributed by atoms with E-state index < -0.39 is 20.9 Å². The number of anilines is 1. The van der Waals surface area contributed by atoms with Crippen molar-refractivity contribution in [1.29, 1.82) is 0 Å². The Hall–Kier alpha value is -3.56. The third-order valence-corrected chi connectivity index (χ3v) is 7.63. The number of fused-ring (bicyclic) bond motifs is 1. The van der Waals surface area contributed by atoms with Crippen molar-refractivity contribution in [3.8, 4) is 0 Å². The molecule has 3 aromatic rings. The van der Waals surface area contributed by atoms with Crippen LogP contribution in [0.5, 0.6) is 0 Å². The number of nitrogens with zero attached hydrogens (tertiary/aromatic N) is 2. The molecule has 170 valence electrons. The molecule has 1 aliphatic heterocycles. The van der Waals surface area contributed by atoms with Crippen LogP contribution in [0, 0.1) is 24.0 Å². The lowest BCUT2D eigenvalue weighted by Gasteiger charge is -2.28. The average Bonchev–Trinajstić information content (AvgIpc) is 2.79. The van der Waals surface area contributed by atoms with Crippen molar-refractivity contribution >= 4 is 27.3 Å². The van der Waals surface area contributed by atoms with E-state index in [-0.39, 0.29) is 22.7 Å². The van der Waals surface area contributed by atoms with Crippen LogP contribution in [0.3, 0.4) is 0 Å². The van der Waals surface area contributed by atoms with Crippen LogP contribution in [-0.2, 0) is 23.0 Å². The van der Waals surface area contributed by atoms with Crippen molar-refractivity contribution < 1.29 is 18.1 Å². The molecule has 1 heterocycles. The van der Waals surface area contributed by atoms with Gasteiger partial charge in [-0.05, 0) is 61.7 Å². The monoisotopic (exact) mass is 465 g/mol. The highest BCUT2D eigenvalue weighted by Gasteiger charge is 2.28. The number of amides is 1. The molecule has 1 aliphatic rings. The molecule has 1 N–H and O–H groups in total. The third kappa shape index (κ3) is 4.64. The summed E-state index contributed by atoms with van der Waals surface area (Å²) in [5.74, 6) is -0.474.